The van der Waals surface area contributed by atoms with Gasteiger partial charge in [0, 0.05) is 43.1 Å². The van der Waals surface area contributed by atoms with Crippen LogP contribution in [0.25, 0.3) is 10.8 Å². The summed E-state index contributed by atoms with van der Waals surface area (Å²) in [4.78, 5) is 8.40. The molecule has 0 aliphatic carbocycles. The van der Waals surface area contributed by atoms with E-state index in [4.69, 9.17) is 4.74 Å². The number of nitrogens with zero attached hydrogens (tertiary/aromatic N) is 2. The molecule has 0 bridgehead atoms. The number of nitrogens with one attached hydrogen (secondary N) is 1. The SMILES string of the molecule is COc1cc(CNCc2cncc3ccccc23)ccn1. The largest absolute Gasteiger partial charge is 0.481 e. The zero-order valence-corrected chi connectivity index (χ0v) is 11.9. The average Bonchev–Trinajstić information content (AvgIpc) is 2.55. The highest BCUT2D eigenvalue weighted by atomic mass is 16.5. The lowest BCUT2D eigenvalue weighted by molar-refractivity contribution is 0.397. The topological polar surface area (TPSA) is 47.0 Å². The van der Waals surface area contributed by atoms with Crippen LogP contribution in [0, 0.1) is 0 Å². The number of hydrogen-bond donors (Lipinski definition) is 1. The Morgan fingerprint density at radius 1 is 1.10 bits per heavy atom. The first-order valence-electron chi connectivity index (χ1n) is 6.88. The molecule has 0 fully saturated rings. The van der Waals surface area contributed by atoms with Gasteiger partial charge in [-0.15, -0.1) is 0 Å². The van der Waals surface area contributed by atoms with Crippen LogP contribution in [0.15, 0.2) is 55.0 Å². The summed E-state index contributed by atoms with van der Waals surface area (Å²) >= 11 is 0. The summed E-state index contributed by atoms with van der Waals surface area (Å²) in [6, 6.07) is 12.2. The van der Waals surface area contributed by atoms with Crippen molar-refractivity contribution in [2.45, 2.75) is 13.1 Å². The standard InChI is InChI=1S/C17H17N3O/c1-21-17-8-13(6-7-20-17)9-18-11-15-12-19-10-14-4-2-3-5-16(14)15/h2-8,10,12,18H,9,11H2,1H3. The highest BCUT2D eigenvalue weighted by molar-refractivity contribution is 5.84. The normalized spacial score (nSPS) is 10.7. The Labute approximate surface area is 123 Å². The van der Waals surface area contributed by atoms with Gasteiger partial charge in [-0.2, -0.15) is 0 Å². The van der Waals surface area contributed by atoms with Crippen molar-refractivity contribution in [1.29, 1.82) is 0 Å². The molecule has 0 saturated heterocycles. The second-order valence-electron chi connectivity index (χ2n) is 4.83. The van der Waals surface area contributed by atoms with Crippen LogP contribution in [-0.2, 0) is 13.1 Å². The van der Waals surface area contributed by atoms with Crippen LogP contribution in [0.2, 0.25) is 0 Å². The van der Waals surface area contributed by atoms with Crippen LogP contribution in [0.1, 0.15) is 11.1 Å². The number of ether oxygens (including phenoxy) is 1. The van der Waals surface area contributed by atoms with E-state index in [9.17, 15) is 0 Å². The third kappa shape index (κ3) is 3.17. The van der Waals surface area contributed by atoms with Gasteiger partial charge in [0.25, 0.3) is 0 Å². The Balaban J connectivity index is 1.69. The quantitative estimate of drug-likeness (QED) is 0.780. The van der Waals surface area contributed by atoms with Gasteiger partial charge in [-0.05, 0) is 22.6 Å². The minimum atomic E-state index is 0.640. The fourth-order valence-electron chi connectivity index (χ4n) is 2.33. The number of benzene rings is 1. The molecule has 0 amide bonds. The van der Waals surface area contributed by atoms with E-state index in [2.05, 4.69) is 33.5 Å². The minimum absolute atomic E-state index is 0.640. The molecule has 0 atom stereocenters. The van der Waals surface area contributed by atoms with E-state index in [1.165, 1.54) is 16.3 Å². The number of rotatable bonds is 5. The molecular formula is C17H17N3O. The summed E-state index contributed by atoms with van der Waals surface area (Å²) in [5.41, 5.74) is 2.35. The summed E-state index contributed by atoms with van der Waals surface area (Å²) < 4.78 is 5.13. The molecule has 0 aliphatic heterocycles. The first-order valence-corrected chi connectivity index (χ1v) is 6.88. The first kappa shape index (κ1) is 13.5. The monoisotopic (exact) mass is 279 g/mol. The van der Waals surface area contributed by atoms with E-state index in [0.717, 1.165) is 18.7 Å². The zero-order valence-electron chi connectivity index (χ0n) is 11.9. The number of aromatic nitrogens is 2. The molecule has 3 rings (SSSR count). The molecule has 3 aromatic rings. The molecule has 1 N–H and O–H groups in total. The summed E-state index contributed by atoms with van der Waals surface area (Å²) in [6.45, 7) is 1.54. The second kappa shape index (κ2) is 6.33. The summed E-state index contributed by atoms with van der Waals surface area (Å²) in [5, 5.41) is 5.85. The van der Waals surface area contributed by atoms with Gasteiger partial charge in [0.2, 0.25) is 5.88 Å². The third-order valence-electron chi connectivity index (χ3n) is 3.40. The van der Waals surface area contributed by atoms with E-state index in [1.54, 1.807) is 13.3 Å². The predicted molar refractivity (Wildman–Crippen MR) is 83.1 cm³/mol. The number of hydrogen-bond acceptors (Lipinski definition) is 4. The Morgan fingerprint density at radius 2 is 2.00 bits per heavy atom. The van der Waals surface area contributed by atoms with Gasteiger partial charge in [-0.1, -0.05) is 24.3 Å². The van der Waals surface area contributed by atoms with Crippen molar-refractivity contribution >= 4 is 10.8 Å². The number of fused-ring (bicyclic) bond motifs is 1. The van der Waals surface area contributed by atoms with Gasteiger partial charge in [-0.25, -0.2) is 4.98 Å². The van der Waals surface area contributed by atoms with E-state index in [1.807, 2.05) is 30.6 Å². The number of pyridine rings is 2. The lowest BCUT2D eigenvalue weighted by Gasteiger charge is -2.08. The van der Waals surface area contributed by atoms with Crippen molar-refractivity contribution in [2.75, 3.05) is 7.11 Å². The Bertz CT molecular complexity index is 737. The van der Waals surface area contributed by atoms with Crippen LogP contribution < -0.4 is 10.1 Å². The van der Waals surface area contributed by atoms with Crippen LogP contribution >= 0.6 is 0 Å². The van der Waals surface area contributed by atoms with Gasteiger partial charge < -0.3 is 10.1 Å². The van der Waals surface area contributed by atoms with E-state index >= 15 is 0 Å². The van der Waals surface area contributed by atoms with Crippen LogP contribution in [0.5, 0.6) is 5.88 Å². The minimum Gasteiger partial charge on any atom is -0.481 e. The molecule has 0 radical (unpaired) electrons. The second-order valence-corrected chi connectivity index (χ2v) is 4.83. The van der Waals surface area contributed by atoms with Crippen molar-refractivity contribution in [2.24, 2.45) is 0 Å². The van der Waals surface area contributed by atoms with Crippen molar-refractivity contribution in [3.8, 4) is 5.88 Å². The summed E-state index contributed by atoms with van der Waals surface area (Å²) in [7, 11) is 1.63. The molecule has 0 spiro atoms. The maximum Gasteiger partial charge on any atom is 0.213 e. The molecule has 2 aromatic heterocycles. The summed E-state index contributed by atoms with van der Waals surface area (Å²) in [5.74, 6) is 0.640. The molecule has 0 unspecified atom stereocenters. The third-order valence-corrected chi connectivity index (χ3v) is 3.40. The number of methoxy groups -OCH3 is 1. The highest BCUT2D eigenvalue weighted by Gasteiger charge is 2.01. The molecule has 0 aliphatic rings. The molecular weight excluding hydrogens is 262 g/mol. The Morgan fingerprint density at radius 3 is 2.90 bits per heavy atom. The van der Waals surface area contributed by atoms with Gasteiger partial charge in [-0.3, -0.25) is 4.98 Å². The molecule has 0 saturated carbocycles. The van der Waals surface area contributed by atoms with Crippen molar-refractivity contribution < 1.29 is 4.74 Å². The summed E-state index contributed by atoms with van der Waals surface area (Å²) in [6.07, 6.45) is 5.57. The van der Waals surface area contributed by atoms with Crippen LogP contribution in [0.3, 0.4) is 0 Å². The van der Waals surface area contributed by atoms with E-state index in [-0.39, 0.29) is 0 Å². The van der Waals surface area contributed by atoms with Gasteiger partial charge in [0.1, 0.15) is 0 Å². The van der Waals surface area contributed by atoms with Gasteiger partial charge >= 0.3 is 0 Å². The maximum atomic E-state index is 5.13. The Hall–Kier alpha value is -2.46. The molecule has 106 valence electrons. The van der Waals surface area contributed by atoms with Crippen molar-refractivity contribution in [3.05, 3.63) is 66.1 Å². The average molecular weight is 279 g/mol. The molecule has 21 heavy (non-hydrogen) atoms. The van der Waals surface area contributed by atoms with E-state index < -0.39 is 0 Å². The Kier molecular flexibility index (Phi) is 4.07. The fraction of sp³-hybridized carbons (Fsp3) is 0.176. The first-order chi connectivity index (χ1) is 10.4. The smallest absolute Gasteiger partial charge is 0.213 e. The van der Waals surface area contributed by atoms with E-state index in [0.29, 0.717) is 5.88 Å². The van der Waals surface area contributed by atoms with Crippen molar-refractivity contribution in [3.63, 3.8) is 0 Å². The van der Waals surface area contributed by atoms with Crippen LogP contribution in [-0.4, -0.2) is 17.1 Å². The van der Waals surface area contributed by atoms with Crippen molar-refractivity contribution in [1.82, 2.24) is 15.3 Å². The lowest BCUT2D eigenvalue weighted by atomic mass is 10.1. The maximum absolute atomic E-state index is 5.13. The predicted octanol–water partition coefficient (Wildman–Crippen LogP) is 2.93. The van der Waals surface area contributed by atoms with Crippen LogP contribution in [0.4, 0.5) is 0 Å². The molecule has 1 aromatic carbocycles. The lowest BCUT2D eigenvalue weighted by Crippen LogP contribution is -2.13. The van der Waals surface area contributed by atoms with Gasteiger partial charge in [0.05, 0.1) is 7.11 Å². The zero-order chi connectivity index (χ0) is 14.5. The van der Waals surface area contributed by atoms with Gasteiger partial charge in [0.15, 0.2) is 0 Å². The molecule has 2 heterocycles. The molecule has 4 heteroatoms. The molecule has 4 nitrogen and oxygen atoms in total. The highest BCUT2D eigenvalue weighted by Crippen LogP contribution is 2.17. The fourth-order valence-corrected chi connectivity index (χ4v) is 2.33.